The standard InChI is InChI=1S/C32H29Br2N3O6S/c1-22-8-15-29(16-9-22)44(42,43)35(2)32(39)21-30(24-11-13-27(14-12-24)37(40)41)36(28-19-25(33)18-26(34)20-28)31(38)17-10-23-6-4-3-5-7-23/h3-9,11-16,18-20,30H,10,17,21H2,1-2H3/t30-/m1/s1. The van der Waals surface area contributed by atoms with Crippen molar-refractivity contribution in [3.8, 4) is 0 Å². The van der Waals surface area contributed by atoms with Gasteiger partial charge >= 0.3 is 0 Å². The highest BCUT2D eigenvalue weighted by Gasteiger charge is 2.33. The molecule has 12 heteroatoms. The normalized spacial score (nSPS) is 11.9. The highest BCUT2D eigenvalue weighted by Crippen LogP contribution is 2.36. The Bertz CT molecular complexity index is 1750. The number of carbonyl (C=O) groups is 2. The van der Waals surface area contributed by atoms with Crippen molar-refractivity contribution in [3.63, 3.8) is 0 Å². The third kappa shape index (κ3) is 7.99. The first-order valence-electron chi connectivity index (χ1n) is 13.5. The molecule has 4 aromatic rings. The van der Waals surface area contributed by atoms with Crippen LogP contribution in [0.1, 0.15) is 35.6 Å². The zero-order chi connectivity index (χ0) is 32.0. The fraction of sp³-hybridized carbons (Fsp3) is 0.188. The van der Waals surface area contributed by atoms with Gasteiger partial charge in [0.05, 0.1) is 22.3 Å². The highest BCUT2D eigenvalue weighted by atomic mass is 79.9. The van der Waals surface area contributed by atoms with Crippen molar-refractivity contribution in [3.05, 3.63) is 133 Å². The van der Waals surface area contributed by atoms with Crippen molar-refractivity contribution in [2.24, 2.45) is 0 Å². The Labute approximate surface area is 273 Å². The number of amides is 2. The molecular formula is C32H29Br2N3O6S. The third-order valence-corrected chi connectivity index (χ3v) is 9.77. The van der Waals surface area contributed by atoms with Gasteiger partial charge in [0.25, 0.3) is 15.7 Å². The number of hydrogen-bond acceptors (Lipinski definition) is 6. The van der Waals surface area contributed by atoms with Crippen LogP contribution in [0.25, 0.3) is 0 Å². The van der Waals surface area contributed by atoms with Crippen LogP contribution in [-0.2, 0) is 26.0 Å². The maximum Gasteiger partial charge on any atom is 0.269 e. The third-order valence-electron chi connectivity index (χ3n) is 7.06. The zero-order valence-corrected chi connectivity index (χ0v) is 27.9. The van der Waals surface area contributed by atoms with Crippen molar-refractivity contribution >= 4 is 65.1 Å². The maximum atomic E-state index is 14.1. The van der Waals surface area contributed by atoms with Crippen LogP contribution >= 0.6 is 31.9 Å². The number of carbonyl (C=O) groups excluding carboxylic acids is 2. The molecule has 0 aliphatic carbocycles. The number of rotatable bonds is 11. The second-order valence-electron chi connectivity index (χ2n) is 10.1. The Morgan fingerprint density at radius 2 is 1.45 bits per heavy atom. The molecule has 44 heavy (non-hydrogen) atoms. The Morgan fingerprint density at radius 1 is 0.864 bits per heavy atom. The lowest BCUT2D eigenvalue weighted by atomic mass is 9.99. The van der Waals surface area contributed by atoms with E-state index in [0.717, 1.165) is 11.1 Å². The number of anilines is 1. The van der Waals surface area contributed by atoms with E-state index in [1.54, 1.807) is 30.3 Å². The summed E-state index contributed by atoms with van der Waals surface area (Å²) in [6, 6.07) is 25.4. The number of nitrogens with zero attached hydrogens (tertiary/aromatic N) is 3. The molecule has 0 saturated heterocycles. The fourth-order valence-electron chi connectivity index (χ4n) is 4.67. The van der Waals surface area contributed by atoms with Crippen LogP contribution in [0.2, 0.25) is 0 Å². The van der Waals surface area contributed by atoms with E-state index in [4.69, 9.17) is 0 Å². The molecule has 4 rings (SSSR count). The molecule has 228 valence electrons. The number of nitro benzene ring substituents is 1. The van der Waals surface area contributed by atoms with Gasteiger partial charge in [-0.05, 0) is 54.8 Å². The summed E-state index contributed by atoms with van der Waals surface area (Å²) in [5.74, 6) is -1.08. The van der Waals surface area contributed by atoms with Gasteiger partial charge in [-0.3, -0.25) is 19.7 Å². The summed E-state index contributed by atoms with van der Waals surface area (Å²) < 4.78 is 28.8. The predicted octanol–water partition coefficient (Wildman–Crippen LogP) is 7.37. The first-order chi connectivity index (χ1) is 20.9. The molecule has 1 atom stereocenters. The molecular weight excluding hydrogens is 714 g/mol. The molecule has 0 heterocycles. The number of aryl methyl sites for hydroxylation is 2. The van der Waals surface area contributed by atoms with Crippen LogP contribution < -0.4 is 4.90 Å². The van der Waals surface area contributed by atoms with Crippen LogP contribution in [0.15, 0.2) is 111 Å². The number of halogens is 2. The van der Waals surface area contributed by atoms with Crippen LogP contribution in [0.3, 0.4) is 0 Å². The van der Waals surface area contributed by atoms with Crippen LogP contribution in [0.4, 0.5) is 11.4 Å². The smallest absolute Gasteiger partial charge is 0.269 e. The molecule has 0 bridgehead atoms. The highest BCUT2D eigenvalue weighted by molar-refractivity contribution is 9.11. The van der Waals surface area contributed by atoms with Gasteiger partial charge in [-0.1, -0.05) is 92.0 Å². The lowest BCUT2D eigenvalue weighted by molar-refractivity contribution is -0.384. The van der Waals surface area contributed by atoms with Gasteiger partial charge in [-0.15, -0.1) is 0 Å². The molecule has 0 aliphatic rings. The van der Waals surface area contributed by atoms with Gasteiger partial charge in [0, 0.05) is 40.2 Å². The number of benzene rings is 4. The molecule has 0 fully saturated rings. The predicted molar refractivity (Wildman–Crippen MR) is 176 cm³/mol. The van der Waals surface area contributed by atoms with Crippen molar-refractivity contribution < 1.29 is 22.9 Å². The first-order valence-corrected chi connectivity index (χ1v) is 16.5. The molecule has 0 spiro atoms. The van der Waals surface area contributed by atoms with E-state index >= 15 is 0 Å². The quantitative estimate of drug-likeness (QED) is 0.117. The minimum atomic E-state index is -4.19. The van der Waals surface area contributed by atoms with Crippen LogP contribution in [-0.4, -0.2) is 36.5 Å². The molecule has 9 nitrogen and oxygen atoms in total. The summed E-state index contributed by atoms with van der Waals surface area (Å²) in [6.45, 7) is 1.82. The second kappa shape index (κ2) is 14.3. The van der Waals surface area contributed by atoms with Gasteiger partial charge in [0.1, 0.15) is 0 Å². The number of nitro groups is 1. The van der Waals surface area contributed by atoms with Crippen molar-refractivity contribution in [2.75, 3.05) is 11.9 Å². The van der Waals surface area contributed by atoms with E-state index in [1.165, 1.54) is 48.3 Å². The minimum Gasteiger partial charge on any atom is -0.304 e. The van der Waals surface area contributed by atoms with E-state index in [-0.39, 0.29) is 22.9 Å². The number of non-ortho nitro benzene ring substituents is 1. The summed E-state index contributed by atoms with van der Waals surface area (Å²) in [5, 5.41) is 11.4. The summed E-state index contributed by atoms with van der Waals surface area (Å²) in [7, 11) is -3.01. The van der Waals surface area contributed by atoms with Crippen molar-refractivity contribution in [2.45, 2.75) is 37.1 Å². The zero-order valence-electron chi connectivity index (χ0n) is 23.9. The summed E-state index contributed by atoms with van der Waals surface area (Å²) in [6.07, 6.45) is 0.0952. The molecule has 0 saturated carbocycles. The molecule has 0 radical (unpaired) electrons. The number of hydrogen-bond donors (Lipinski definition) is 0. The minimum absolute atomic E-state index is 0.0439. The van der Waals surface area contributed by atoms with E-state index in [9.17, 15) is 28.1 Å². The number of sulfonamides is 1. The molecule has 4 aromatic carbocycles. The maximum absolute atomic E-state index is 14.1. The van der Waals surface area contributed by atoms with Crippen LogP contribution in [0.5, 0.6) is 0 Å². The molecule has 0 unspecified atom stereocenters. The SMILES string of the molecule is Cc1ccc(S(=O)(=O)N(C)C(=O)C[C@H](c2ccc([N+](=O)[O-])cc2)N(C(=O)CCc2ccccc2)c2cc(Br)cc(Br)c2)cc1. The summed E-state index contributed by atoms with van der Waals surface area (Å²) in [4.78, 5) is 40.1. The Balaban J connectivity index is 1.78. The van der Waals surface area contributed by atoms with Gasteiger partial charge in [0.2, 0.25) is 11.8 Å². The van der Waals surface area contributed by atoms with Gasteiger partial charge in [-0.2, -0.15) is 0 Å². The Kier molecular flexibility index (Phi) is 10.7. The lowest BCUT2D eigenvalue weighted by Crippen LogP contribution is -2.40. The van der Waals surface area contributed by atoms with E-state index < -0.39 is 33.3 Å². The lowest BCUT2D eigenvalue weighted by Gasteiger charge is -2.33. The monoisotopic (exact) mass is 741 g/mol. The molecule has 0 aliphatic heterocycles. The molecule has 2 amide bonds. The average molecular weight is 743 g/mol. The van der Waals surface area contributed by atoms with Gasteiger partial charge in [-0.25, -0.2) is 12.7 Å². The van der Waals surface area contributed by atoms with Crippen LogP contribution in [0, 0.1) is 17.0 Å². The van der Waals surface area contributed by atoms with E-state index in [0.29, 0.717) is 30.9 Å². The topological polar surface area (TPSA) is 118 Å². The fourth-order valence-corrected chi connectivity index (χ4v) is 7.07. The largest absolute Gasteiger partial charge is 0.304 e. The van der Waals surface area contributed by atoms with E-state index in [1.807, 2.05) is 37.3 Å². The Hall–Kier alpha value is -3.87. The summed E-state index contributed by atoms with van der Waals surface area (Å²) in [5.41, 5.74) is 2.52. The van der Waals surface area contributed by atoms with Crippen molar-refractivity contribution in [1.82, 2.24) is 4.31 Å². The second-order valence-corrected chi connectivity index (χ2v) is 13.9. The summed E-state index contributed by atoms with van der Waals surface area (Å²) >= 11 is 6.94. The van der Waals surface area contributed by atoms with Gasteiger partial charge < -0.3 is 4.90 Å². The average Bonchev–Trinajstić information content (AvgIpc) is 2.99. The molecule has 0 N–H and O–H groups in total. The Morgan fingerprint density at radius 3 is 2.02 bits per heavy atom. The first kappa shape index (κ1) is 33.0. The van der Waals surface area contributed by atoms with Crippen molar-refractivity contribution in [1.29, 1.82) is 0 Å². The molecule has 0 aromatic heterocycles. The van der Waals surface area contributed by atoms with Gasteiger partial charge in [0.15, 0.2) is 0 Å². The van der Waals surface area contributed by atoms with E-state index in [2.05, 4.69) is 31.9 Å².